The Morgan fingerprint density at radius 1 is 0.947 bits per heavy atom. The van der Waals surface area contributed by atoms with Crippen molar-refractivity contribution in [1.29, 1.82) is 0 Å². The van der Waals surface area contributed by atoms with Crippen molar-refractivity contribution >= 4 is 12.6 Å². The maximum atomic E-state index is 13.2. The summed E-state index contributed by atoms with van der Waals surface area (Å²) in [5.41, 5.74) is 0.505. The number of hydrogen-bond donors (Lipinski definition) is 2. The van der Waals surface area contributed by atoms with Gasteiger partial charge in [0.15, 0.2) is 0 Å². The molecule has 0 spiro atoms. The molecular weight excluding hydrogens is 253 g/mol. The molecule has 0 aliphatic heterocycles. The van der Waals surface area contributed by atoms with E-state index in [1.165, 1.54) is 36.4 Å². The first-order valence-electron chi connectivity index (χ1n) is 5.58. The molecule has 0 aromatic heterocycles. The number of halogens is 2. The average molecular weight is 264 g/mol. The van der Waals surface area contributed by atoms with E-state index >= 15 is 0 Å². The number of hydrogen-bond acceptors (Lipinski definition) is 3. The van der Waals surface area contributed by atoms with Crippen LogP contribution in [0.15, 0.2) is 42.5 Å². The van der Waals surface area contributed by atoms with Crippen LogP contribution in [-0.2, 0) is 6.61 Å². The van der Waals surface area contributed by atoms with Gasteiger partial charge >= 0.3 is 7.12 Å². The van der Waals surface area contributed by atoms with E-state index in [0.29, 0.717) is 11.3 Å². The fraction of sp³-hybridized carbons (Fsp3) is 0.0769. The molecule has 2 rings (SSSR count). The molecule has 0 saturated carbocycles. The van der Waals surface area contributed by atoms with Crippen LogP contribution in [0.4, 0.5) is 8.78 Å². The van der Waals surface area contributed by atoms with Crippen LogP contribution in [-0.4, -0.2) is 17.2 Å². The topological polar surface area (TPSA) is 49.7 Å². The van der Waals surface area contributed by atoms with Crippen molar-refractivity contribution in [3.8, 4) is 5.75 Å². The fourth-order valence-electron chi connectivity index (χ4n) is 1.61. The third-order valence-corrected chi connectivity index (χ3v) is 2.50. The Morgan fingerprint density at radius 2 is 1.63 bits per heavy atom. The lowest BCUT2D eigenvalue weighted by molar-refractivity contribution is 0.305. The van der Waals surface area contributed by atoms with Crippen LogP contribution in [0, 0.1) is 11.6 Å². The van der Waals surface area contributed by atoms with Crippen molar-refractivity contribution in [2.45, 2.75) is 6.61 Å². The van der Waals surface area contributed by atoms with Gasteiger partial charge in [0, 0.05) is 0 Å². The van der Waals surface area contributed by atoms with Crippen LogP contribution < -0.4 is 10.2 Å². The standard InChI is InChI=1S/C13H11BF2O3/c15-11-1-3-13(4-2-11)19-8-9-5-10(14(17)18)7-12(16)6-9/h1-7,17-18H,8H2. The van der Waals surface area contributed by atoms with Gasteiger partial charge in [0.05, 0.1) is 0 Å². The number of benzene rings is 2. The van der Waals surface area contributed by atoms with Crippen molar-refractivity contribution in [3.05, 3.63) is 59.7 Å². The summed E-state index contributed by atoms with van der Waals surface area (Å²) >= 11 is 0. The number of ether oxygens (including phenoxy) is 1. The minimum absolute atomic E-state index is 0.0448. The van der Waals surface area contributed by atoms with Crippen LogP contribution in [0.1, 0.15) is 5.56 Å². The summed E-state index contributed by atoms with van der Waals surface area (Å²) in [6.07, 6.45) is 0. The molecule has 0 radical (unpaired) electrons. The Bertz CT molecular complexity index is 558. The van der Waals surface area contributed by atoms with E-state index in [0.717, 1.165) is 6.07 Å². The van der Waals surface area contributed by atoms with Crippen LogP contribution in [0.2, 0.25) is 0 Å². The van der Waals surface area contributed by atoms with E-state index in [-0.39, 0.29) is 17.9 Å². The first-order valence-corrected chi connectivity index (χ1v) is 5.58. The molecule has 0 aliphatic rings. The summed E-state index contributed by atoms with van der Waals surface area (Å²) in [7, 11) is -1.74. The van der Waals surface area contributed by atoms with Gasteiger partial charge in [-0.05, 0) is 47.4 Å². The predicted octanol–water partition coefficient (Wildman–Crippen LogP) is 1.22. The van der Waals surface area contributed by atoms with Gasteiger partial charge in [0.1, 0.15) is 24.0 Å². The summed E-state index contributed by atoms with van der Waals surface area (Å²) in [5.74, 6) is -0.510. The van der Waals surface area contributed by atoms with Crippen molar-refractivity contribution in [1.82, 2.24) is 0 Å². The first-order chi connectivity index (χ1) is 9.04. The monoisotopic (exact) mass is 264 g/mol. The van der Waals surface area contributed by atoms with Gasteiger partial charge in [0.2, 0.25) is 0 Å². The first kappa shape index (κ1) is 13.5. The van der Waals surface area contributed by atoms with E-state index < -0.39 is 12.9 Å². The van der Waals surface area contributed by atoms with E-state index in [2.05, 4.69) is 0 Å². The molecule has 3 nitrogen and oxygen atoms in total. The third-order valence-electron chi connectivity index (χ3n) is 2.50. The normalized spacial score (nSPS) is 10.3. The Labute approximate surface area is 109 Å². The van der Waals surface area contributed by atoms with E-state index in [4.69, 9.17) is 14.8 Å². The predicted molar refractivity (Wildman–Crippen MR) is 67.0 cm³/mol. The molecule has 0 aliphatic carbocycles. The third kappa shape index (κ3) is 3.77. The molecular formula is C13H11BF2O3. The molecule has 6 heteroatoms. The second-order valence-corrected chi connectivity index (χ2v) is 4.01. The van der Waals surface area contributed by atoms with Gasteiger partial charge in [0.25, 0.3) is 0 Å². The lowest BCUT2D eigenvalue weighted by Crippen LogP contribution is -2.30. The molecule has 0 saturated heterocycles. The largest absolute Gasteiger partial charge is 0.489 e. The molecule has 19 heavy (non-hydrogen) atoms. The Balaban J connectivity index is 2.08. The van der Waals surface area contributed by atoms with Gasteiger partial charge in [-0.3, -0.25) is 0 Å². The van der Waals surface area contributed by atoms with Crippen molar-refractivity contribution in [3.63, 3.8) is 0 Å². The van der Waals surface area contributed by atoms with Gasteiger partial charge in [-0.15, -0.1) is 0 Å². The molecule has 0 atom stereocenters. The maximum Gasteiger partial charge on any atom is 0.488 e. The highest BCUT2D eigenvalue weighted by molar-refractivity contribution is 6.58. The minimum Gasteiger partial charge on any atom is -0.489 e. The molecule has 0 unspecified atom stereocenters. The molecule has 0 fully saturated rings. The van der Waals surface area contributed by atoms with Gasteiger partial charge in [-0.2, -0.15) is 0 Å². The Morgan fingerprint density at radius 3 is 2.26 bits per heavy atom. The second kappa shape index (κ2) is 5.82. The lowest BCUT2D eigenvalue weighted by atomic mass is 9.79. The van der Waals surface area contributed by atoms with Crippen molar-refractivity contribution < 1.29 is 23.6 Å². The Hall–Kier alpha value is -1.92. The molecule has 98 valence electrons. The SMILES string of the molecule is OB(O)c1cc(F)cc(COc2ccc(F)cc2)c1. The highest BCUT2D eigenvalue weighted by Crippen LogP contribution is 2.13. The van der Waals surface area contributed by atoms with E-state index in [9.17, 15) is 8.78 Å². The molecule has 0 amide bonds. The lowest BCUT2D eigenvalue weighted by Gasteiger charge is -2.08. The molecule has 0 heterocycles. The van der Waals surface area contributed by atoms with Gasteiger partial charge in [-0.25, -0.2) is 8.78 Å². The smallest absolute Gasteiger partial charge is 0.488 e. The van der Waals surface area contributed by atoms with Crippen molar-refractivity contribution in [2.24, 2.45) is 0 Å². The van der Waals surface area contributed by atoms with Gasteiger partial charge < -0.3 is 14.8 Å². The summed E-state index contributed by atoms with van der Waals surface area (Å²) in [4.78, 5) is 0. The highest BCUT2D eigenvalue weighted by atomic mass is 19.1. The zero-order valence-corrected chi connectivity index (χ0v) is 9.88. The second-order valence-electron chi connectivity index (χ2n) is 4.01. The fourth-order valence-corrected chi connectivity index (χ4v) is 1.61. The summed E-state index contributed by atoms with van der Waals surface area (Å²) < 4.78 is 31.3. The van der Waals surface area contributed by atoms with E-state index in [1.54, 1.807) is 0 Å². The molecule has 2 N–H and O–H groups in total. The molecule has 2 aromatic carbocycles. The summed E-state index contributed by atoms with van der Waals surface area (Å²) in [6.45, 7) is 0.0448. The molecule has 2 aromatic rings. The van der Waals surface area contributed by atoms with Crippen LogP contribution in [0.3, 0.4) is 0 Å². The number of rotatable bonds is 4. The highest BCUT2D eigenvalue weighted by Gasteiger charge is 2.13. The maximum absolute atomic E-state index is 13.2. The average Bonchev–Trinajstić information content (AvgIpc) is 2.37. The summed E-state index contributed by atoms with van der Waals surface area (Å²) in [5, 5.41) is 18.0. The summed E-state index contributed by atoms with van der Waals surface area (Å²) in [6, 6.07) is 9.11. The quantitative estimate of drug-likeness (QED) is 0.816. The van der Waals surface area contributed by atoms with Crippen LogP contribution in [0.5, 0.6) is 5.75 Å². The minimum atomic E-state index is -1.74. The van der Waals surface area contributed by atoms with Crippen LogP contribution >= 0.6 is 0 Å². The zero-order valence-electron chi connectivity index (χ0n) is 9.88. The van der Waals surface area contributed by atoms with Crippen molar-refractivity contribution in [2.75, 3.05) is 0 Å². The van der Waals surface area contributed by atoms with E-state index in [1.807, 2.05) is 0 Å². The van der Waals surface area contributed by atoms with Crippen LogP contribution in [0.25, 0.3) is 0 Å². The van der Waals surface area contributed by atoms with Gasteiger partial charge in [-0.1, -0.05) is 6.07 Å². The molecule has 0 bridgehead atoms. The Kier molecular flexibility index (Phi) is 4.14. The zero-order chi connectivity index (χ0) is 13.8.